The Bertz CT molecular complexity index is 674. The Labute approximate surface area is 123 Å². The highest BCUT2D eigenvalue weighted by Gasteiger charge is 2.26. The number of esters is 1. The van der Waals surface area contributed by atoms with Gasteiger partial charge < -0.3 is 9.47 Å². The zero-order chi connectivity index (χ0) is 14.7. The first-order valence-electron chi connectivity index (χ1n) is 6.87. The molecule has 0 unspecified atom stereocenters. The Balaban J connectivity index is 1.93. The largest absolute Gasteiger partial charge is 0.496 e. The summed E-state index contributed by atoms with van der Waals surface area (Å²) in [6, 6.07) is 17.5. The molecule has 1 heterocycles. The standard InChI is InChI=1S/C18H16O3/c1-20-16-10-6-5-9-15(16)17-11-14(12-18(19)21-17)13-7-3-2-4-8-13/h2-10,12,17H,11H2,1H3/t17-/m1/s1. The first kappa shape index (κ1) is 13.4. The number of cyclic esters (lactones) is 1. The van der Waals surface area contributed by atoms with Crippen LogP contribution >= 0.6 is 0 Å². The molecule has 0 radical (unpaired) electrons. The second-order valence-electron chi connectivity index (χ2n) is 4.91. The molecule has 0 amide bonds. The Morgan fingerprint density at radius 2 is 1.76 bits per heavy atom. The van der Waals surface area contributed by atoms with Gasteiger partial charge in [-0.25, -0.2) is 4.79 Å². The first-order valence-corrected chi connectivity index (χ1v) is 6.87. The van der Waals surface area contributed by atoms with Gasteiger partial charge in [-0.2, -0.15) is 0 Å². The molecule has 2 aromatic carbocycles. The van der Waals surface area contributed by atoms with Crippen molar-refractivity contribution in [3.05, 3.63) is 71.8 Å². The van der Waals surface area contributed by atoms with Crippen LogP contribution in [0, 0.1) is 0 Å². The zero-order valence-corrected chi connectivity index (χ0v) is 11.8. The number of para-hydroxylation sites is 1. The van der Waals surface area contributed by atoms with Crippen molar-refractivity contribution in [3.63, 3.8) is 0 Å². The second-order valence-corrected chi connectivity index (χ2v) is 4.91. The molecule has 0 N–H and O–H groups in total. The van der Waals surface area contributed by atoms with E-state index in [4.69, 9.17) is 9.47 Å². The number of carbonyl (C=O) groups excluding carboxylic acids is 1. The van der Waals surface area contributed by atoms with Gasteiger partial charge in [0.25, 0.3) is 0 Å². The van der Waals surface area contributed by atoms with Crippen LogP contribution in [-0.4, -0.2) is 13.1 Å². The minimum absolute atomic E-state index is 0.309. The van der Waals surface area contributed by atoms with Crippen molar-refractivity contribution in [2.45, 2.75) is 12.5 Å². The smallest absolute Gasteiger partial charge is 0.331 e. The van der Waals surface area contributed by atoms with E-state index in [1.54, 1.807) is 13.2 Å². The molecule has 0 spiro atoms. The third-order valence-electron chi connectivity index (χ3n) is 3.59. The number of rotatable bonds is 3. The summed E-state index contributed by atoms with van der Waals surface area (Å²) < 4.78 is 10.8. The van der Waals surface area contributed by atoms with Crippen molar-refractivity contribution >= 4 is 11.5 Å². The monoisotopic (exact) mass is 280 g/mol. The maximum absolute atomic E-state index is 11.9. The predicted molar refractivity (Wildman–Crippen MR) is 80.9 cm³/mol. The van der Waals surface area contributed by atoms with Crippen LogP contribution < -0.4 is 4.74 Å². The molecule has 21 heavy (non-hydrogen) atoms. The van der Waals surface area contributed by atoms with Crippen molar-refractivity contribution in [2.75, 3.05) is 7.11 Å². The molecule has 2 aromatic rings. The van der Waals surface area contributed by atoms with Gasteiger partial charge in [0.05, 0.1) is 7.11 Å². The fourth-order valence-corrected chi connectivity index (χ4v) is 2.58. The summed E-state index contributed by atoms with van der Waals surface area (Å²) in [7, 11) is 1.62. The van der Waals surface area contributed by atoms with E-state index in [2.05, 4.69) is 0 Å². The van der Waals surface area contributed by atoms with Gasteiger partial charge in [-0.1, -0.05) is 48.5 Å². The summed E-state index contributed by atoms with van der Waals surface area (Å²) in [4.78, 5) is 11.9. The van der Waals surface area contributed by atoms with Gasteiger partial charge in [0.1, 0.15) is 11.9 Å². The summed E-state index contributed by atoms with van der Waals surface area (Å²) in [5, 5.41) is 0. The summed E-state index contributed by atoms with van der Waals surface area (Å²) in [6.07, 6.45) is 1.91. The maximum atomic E-state index is 11.9. The molecule has 1 aliphatic heterocycles. The maximum Gasteiger partial charge on any atom is 0.331 e. The fraction of sp³-hybridized carbons (Fsp3) is 0.167. The van der Waals surface area contributed by atoms with Gasteiger partial charge in [0.15, 0.2) is 0 Å². The third-order valence-corrected chi connectivity index (χ3v) is 3.59. The fourth-order valence-electron chi connectivity index (χ4n) is 2.58. The van der Waals surface area contributed by atoms with E-state index in [9.17, 15) is 4.79 Å². The normalized spacial score (nSPS) is 17.9. The molecular weight excluding hydrogens is 264 g/mol. The quantitative estimate of drug-likeness (QED) is 0.803. The molecule has 0 aliphatic carbocycles. The molecule has 0 saturated carbocycles. The lowest BCUT2D eigenvalue weighted by molar-refractivity contribution is -0.144. The number of ether oxygens (including phenoxy) is 2. The third kappa shape index (κ3) is 2.82. The lowest BCUT2D eigenvalue weighted by Gasteiger charge is -2.25. The molecule has 3 nitrogen and oxygen atoms in total. The number of methoxy groups -OCH3 is 1. The molecule has 106 valence electrons. The molecule has 0 saturated heterocycles. The summed E-state index contributed by atoms with van der Waals surface area (Å²) in [5.41, 5.74) is 2.94. The molecule has 3 rings (SSSR count). The van der Waals surface area contributed by atoms with Gasteiger partial charge in [0, 0.05) is 18.1 Å². The number of hydrogen-bond acceptors (Lipinski definition) is 3. The highest BCUT2D eigenvalue weighted by molar-refractivity contribution is 5.93. The second kappa shape index (κ2) is 5.83. The molecule has 0 bridgehead atoms. The number of carbonyl (C=O) groups is 1. The highest BCUT2D eigenvalue weighted by Crippen LogP contribution is 2.37. The van der Waals surface area contributed by atoms with Crippen LogP contribution in [0.15, 0.2) is 60.7 Å². The molecule has 1 aliphatic rings. The highest BCUT2D eigenvalue weighted by atomic mass is 16.5. The SMILES string of the molecule is COc1ccccc1[C@H]1CC(c2ccccc2)=CC(=O)O1. The van der Waals surface area contributed by atoms with Gasteiger partial charge in [-0.05, 0) is 17.2 Å². The van der Waals surface area contributed by atoms with E-state index in [1.165, 1.54) is 0 Å². The van der Waals surface area contributed by atoms with Crippen molar-refractivity contribution in [3.8, 4) is 5.75 Å². The topological polar surface area (TPSA) is 35.5 Å². The Hall–Kier alpha value is -2.55. The van der Waals surface area contributed by atoms with Gasteiger partial charge in [-0.3, -0.25) is 0 Å². The van der Waals surface area contributed by atoms with Crippen LogP contribution in [0.3, 0.4) is 0 Å². The van der Waals surface area contributed by atoms with Crippen molar-refractivity contribution in [1.82, 2.24) is 0 Å². The lowest BCUT2D eigenvalue weighted by Crippen LogP contribution is -2.16. The van der Waals surface area contributed by atoms with E-state index in [-0.39, 0.29) is 12.1 Å². The van der Waals surface area contributed by atoms with Gasteiger partial charge in [-0.15, -0.1) is 0 Å². The minimum atomic E-state index is -0.311. The average Bonchev–Trinajstić information content (AvgIpc) is 2.55. The zero-order valence-electron chi connectivity index (χ0n) is 11.8. The summed E-state index contributed by atoms with van der Waals surface area (Å²) in [5.74, 6) is 0.431. The Morgan fingerprint density at radius 3 is 2.52 bits per heavy atom. The first-order chi connectivity index (χ1) is 10.3. The summed E-state index contributed by atoms with van der Waals surface area (Å²) >= 11 is 0. The molecule has 0 aromatic heterocycles. The van der Waals surface area contributed by atoms with Crippen LogP contribution in [-0.2, 0) is 9.53 Å². The summed E-state index contributed by atoms with van der Waals surface area (Å²) in [6.45, 7) is 0. The lowest BCUT2D eigenvalue weighted by atomic mass is 9.93. The number of hydrogen-bond donors (Lipinski definition) is 0. The van der Waals surface area contributed by atoms with Gasteiger partial charge in [0.2, 0.25) is 0 Å². The molecular formula is C18H16O3. The van der Waals surface area contributed by atoms with Crippen molar-refractivity contribution < 1.29 is 14.3 Å². The van der Waals surface area contributed by atoms with E-state index >= 15 is 0 Å². The molecule has 1 atom stereocenters. The van der Waals surface area contributed by atoms with E-state index in [1.807, 2.05) is 54.6 Å². The van der Waals surface area contributed by atoms with Crippen LogP contribution in [0.25, 0.3) is 5.57 Å². The van der Waals surface area contributed by atoms with Crippen LogP contribution in [0.5, 0.6) is 5.75 Å². The number of benzene rings is 2. The molecule has 0 fully saturated rings. The average molecular weight is 280 g/mol. The molecule has 3 heteroatoms. The van der Waals surface area contributed by atoms with Gasteiger partial charge >= 0.3 is 5.97 Å². The van der Waals surface area contributed by atoms with Crippen molar-refractivity contribution in [2.24, 2.45) is 0 Å². The van der Waals surface area contributed by atoms with Crippen LogP contribution in [0.1, 0.15) is 23.7 Å². The predicted octanol–water partition coefficient (Wildman–Crippen LogP) is 3.77. The van der Waals surface area contributed by atoms with E-state index in [0.29, 0.717) is 6.42 Å². The van der Waals surface area contributed by atoms with Crippen LogP contribution in [0.2, 0.25) is 0 Å². The Morgan fingerprint density at radius 1 is 1.05 bits per heavy atom. The Kier molecular flexibility index (Phi) is 3.73. The van der Waals surface area contributed by atoms with Crippen molar-refractivity contribution in [1.29, 1.82) is 0 Å². The van der Waals surface area contributed by atoms with E-state index < -0.39 is 0 Å². The minimum Gasteiger partial charge on any atom is -0.496 e. The van der Waals surface area contributed by atoms with E-state index in [0.717, 1.165) is 22.4 Å². The van der Waals surface area contributed by atoms with Crippen LogP contribution in [0.4, 0.5) is 0 Å².